The van der Waals surface area contributed by atoms with Crippen LogP contribution in [0.5, 0.6) is 5.75 Å². The van der Waals surface area contributed by atoms with E-state index in [1.165, 1.54) is 18.2 Å². The van der Waals surface area contributed by atoms with Gasteiger partial charge in [0, 0.05) is 19.7 Å². The topological polar surface area (TPSA) is 73.6 Å². The van der Waals surface area contributed by atoms with Crippen molar-refractivity contribution >= 4 is 5.91 Å². The molecule has 0 saturated heterocycles. The molecule has 112 valence electrons. The number of hydrogen-bond donors (Lipinski definition) is 2. The van der Waals surface area contributed by atoms with Crippen LogP contribution in [0.15, 0.2) is 24.3 Å². The van der Waals surface area contributed by atoms with Gasteiger partial charge in [-0.3, -0.25) is 4.79 Å². The average molecular weight is 288 g/mol. The van der Waals surface area contributed by atoms with E-state index in [0.717, 1.165) is 0 Å². The minimum Gasteiger partial charge on any atom is -0.434 e. The predicted octanol–water partition coefficient (Wildman–Crippen LogP) is 1.38. The van der Waals surface area contributed by atoms with Crippen LogP contribution in [-0.4, -0.2) is 38.8 Å². The van der Waals surface area contributed by atoms with Crippen molar-refractivity contribution in [1.29, 1.82) is 0 Å². The predicted molar refractivity (Wildman–Crippen MR) is 69.9 cm³/mol. The minimum atomic E-state index is -2.96. The number of halogens is 2. The first-order valence-corrected chi connectivity index (χ1v) is 6.25. The summed E-state index contributed by atoms with van der Waals surface area (Å²) in [5.74, 6) is -0.598. The van der Waals surface area contributed by atoms with Gasteiger partial charge in [-0.2, -0.15) is 8.78 Å². The maximum atomic E-state index is 12.2. The molecule has 3 N–H and O–H groups in total. The molecule has 0 aliphatic carbocycles. The zero-order valence-electron chi connectivity index (χ0n) is 11.0. The molecule has 0 radical (unpaired) electrons. The van der Waals surface area contributed by atoms with Crippen molar-refractivity contribution in [2.45, 2.75) is 13.0 Å². The number of rotatable bonds is 9. The van der Waals surface area contributed by atoms with Crippen LogP contribution >= 0.6 is 0 Å². The third-order valence-electron chi connectivity index (χ3n) is 2.36. The van der Waals surface area contributed by atoms with Gasteiger partial charge >= 0.3 is 6.61 Å². The monoisotopic (exact) mass is 288 g/mol. The third-order valence-corrected chi connectivity index (χ3v) is 2.36. The highest BCUT2D eigenvalue weighted by Gasteiger charge is 2.14. The van der Waals surface area contributed by atoms with Gasteiger partial charge in [-0.15, -0.1) is 0 Å². The molecule has 1 amide bonds. The van der Waals surface area contributed by atoms with Crippen molar-refractivity contribution < 1.29 is 23.0 Å². The first-order chi connectivity index (χ1) is 9.65. The molecule has 0 aliphatic rings. The fraction of sp³-hybridized carbons (Fsp3) is 0.462. The SMILES string of the molecule is NCCOCCCNC(=O)c1ccccc1OC(F)F. The van der Waals surface area contributed by atoms with E-state index in [0.29, 0.717) is 32.7 Å². The standard InChI is InChI=1S/C13H18F2N2O3/c14-13(15)20-11-5-2-1-4-10(11)12(18)17-7-3-8-19-9-6-16/h1-2,4-5,13H,3,6-9,16H2,(H,17,18). The first-order valence-electron chi connectivity index (χ1n) is 6.25. The van der Waals surface area contributed by atoms with Crippen molar-refractivity contribution in [1.82, 2.24) is 5.32 Å². The van der Waals surface area contributed by atoms with Crippen LogP contribution in [0.4, 0.5) is 8.78 Å². The summed E-state index contributed by atoms with van der Waals surface area (Å²) in [5.41, 5.74) is 5.33. The molecule has 5 nitrogen and oxygen atoms in total. The summed E-state index contributed by atoms with van der Waals surface area (Å²) in [6, 6.07) is 5.86. The molecule has 0 saturated carbocycles. The molecular weight excluding hydrogens is 270 g/mol. The lowest BCUT2D eigenvalue weighted by atomic mass is 10.2. The quantitative estimate of drug-likeness (QED) is 0.673. The van der Waals surface area contributed by atoms with E-state index in [-0.39, 0.29) is 11.3 Å². The normalized spacial score (nSPS) is 10.6. The van der Waals surface area contributed by atoms with Gasteiger partial charge in [-0.25, -0.2) is 0 Å². The second kappa shape index (κ2) is 9.22. The van der Waals surface area contributed by atoms with E-state index in [1.807, 2.05) is 0 Å². The highest BCUT2D eigenvalue weighted by Crippen LogP contribution is 2.19. The maximum Gasteiger partial charge on any atom is 0.387 e. The van der Waals surface area contributed by atoms with E-state index in [1.54, 1.807) is 6.07 Å². The Kier molecular flexibility index (Phi) is 7.52. The van der Waals surface area contributed by atoms with Gasteiger partial charge in [0.05, 0.1) is 12.2 Å². The molecular formula is C13H18F2N2O3. The number of alkyl halides is 2. The van der Waals surface area contributed by atoms with Crippen molar-refractivity contribution in [2.24, 2.45) is 5.73 Å². The molecule has 0 heterocycles. The third kappa shape index (κ3) is 5.94. The second-order valence-corrected chi connectivity index (χ2v) is 3.89. The molecule has 0 aromatic heterocycles. The summed E-state index contributed by atoms with van der Waals surface area (Å²) in [6.45, 7) is -1.18. The van der Waals surface area contributed by atoms with Crippen LogP contribution in [0.1, 0.15) is 16.8 Å². The molecule has 0 aliphatic heterocycles. The molecule has 0 bridgehead atoms. The Balaban J connectivity index is 2.43. The van der Waals surface area contributed by atoms with Gasteiger partial charge in [-0.1, -0.05) is 12.1 Å². The fourth-order valence-electron chi connectivity index (χ4n) is 1.51. The van der Waals surface area contributed by atoms with Gasteiger partial charge in [0.2, 0.25) is 0 Å². The lowest BCUT2D eigenvalue weighted by molar-refractivity contribution is -0.0501. The van der Waals surface area contributed by atoms with Crippen LogP contribution in [-0.2, 0) is 4.74 Å². The summed E-state index contributed by atoms with van der Waals surface area (Å²) in [5, 5.41) is 2.61. The van der Waals surface area contributed by atoms with Crippen LogP contribution in [0.25, 0.3) is 0 Å². The minimum absolute atomic E-state index is 0.0793. The first kappa shape index (κ1) is 16.3. The Bertz CT molecular complexity index is 416. The fourth-order valence-corrected chi connectivity index (χ4v) is 1.51. The molecule has 0 fully saturated rings. The van der Waals surface area contributed by atoms with Crippen molar-refractivity contribution in [2.75, 3.05) is 26.3 Å². The van der Waals surface area contributed by atoms with Gasteiger partial charge in [-0.05, 0) is 18.6 Å². The molecule has 0 atom stereocenters. The van der Waals surface area contributed by atoms with Gasteiger partial charge in [0.1, 0.15) is 5.75 Å². The Morgan fingerprint density at radius 2 is 2.05 bits per heavy atom. The number of para-hydroxylation sites is 1. The van der Waals surface area contributed by atoms with Crippen molar-refractivity contribution in [3.05, 3.63) is 29.8 Å². The van der Waals surface area contributed by atoms with Gasteiger partial charge in [0.15, 0.2) is 0 Å². The Labute approximate surface area is 116 Å². The maximum absolute atomic E-state index is 12.2. The van der Waals surface area contributed by atoms with Gasteiger partial charge < -0.3 is 20.5 Å². The lowest BCUT2D eigenvalue weighted by Crippen LogP contribution is -2.26. The summed E-state index contributed by atoms with van der Waals surface area (Å²) in [7, 11) is 0. The molecule has 1 aromatic rings. The Hall–Kier alpha value is -1.73. The summed E-state index contributed by atoms with van der Waals surface area (Å²) >= 11 is 0. The summed E-state index contributed by atoms with van der Waals surface area (Å²) < 4.78 is 33.9. The number of ether oxygens (including phenoxy) is 2. The average Bonchev–Trinajstić information content (AvgIpc) is 2.42. The number of benzene rings is 1. The van der Waals surface area contributed by atoms with E-state index in [2.05, 4.69) is 10.1 Å². The molecule has 1 rings (SSSR count). The summed E-state index contributed by atoms with van der Waals surface area (Å²) in [4.78, 5) is 11.8. The number of nitrogens with two attached hydrogens (primary N) is 1. The van der Waals surface area contributed by atoms with Crippen LogP contribution in [0, 0.1) is 0 Å². The smallest absolute Gasteiger partial charge is 0.387 e. The lowest BCUT2D eigenvalue weighted by Gasteiger charge is -2.10. The van der Waals surface area contributed by atoms with E-state index in [9.17, 15) is 13.6 Å². The van der Waals surface area contributed by atoms with Crippen LogP contribution in [0.2, 0.25) is 0 Å². The molecule has 7 heteroatoms. The Morgan fingerprint density at radius 1 is 1.30 bits per heavy atom. The molecule has 20 heavy (non-hydrogen) atoms. The highest BCUT2D eigenvalue weighted by molar-refractivity contribution is 5.96. The van der Waals surface area contributed by atoms with E-state index >= 15 is 0 Å². The molecule has 0 spiro atoms. The van der Waals surface area contributed by atoms with Crippen LogP contribution < -0.4 is 15.8 Å². The largest absolute Gasteiger partial charge is 0.434 e. The highest BCUT2D eigenvalue weighted by atomic mass is 19.3. The zero-order chi connectivity index (χ0) is 14.8. The van der Waals surface area contributed by atoms with Crippen LogP contribution in [0.3, 0.4) is 0 Å². The van der Waals surface area contributed by atoms with E-state index in [4.69, 9.17) is 10.5 Å². The van der Waals surface area contributed by atoms with Crippen molar-refractivity contribution in [3.8, 4) is 5.75 Å². The number of hydrogen-bond acceptors (Lipinski definition) is 4. The Morgan fingerprint density at radius 3 is 2.75 bits per heavy atom. The number of carbonyl (C=O) groups excluding carboxylic acids is 1. The van der Waals surface area contributed by atoms with Gasteiger partial charge in [0.25, 0.3) is 5.91 Å². The number of amides is 1. The van der Waals surface area contributed by atoms with E-state index < -0.39 is 12.5 Å². The second-order valence-electron chi connectivity index (χ2n) is 3.89. The van der Waals surface area contributed by atoms with Crippen molar-refractivity contribution in [3.63, 3.8) is 0 Å². The zero-order valence-corrected chi connectivity index (χ0v) is 11.0. The molecule has 0 unspecified atom stereocenters. The number of carbonyl (C=O) groups is 1. The molecule has 1 aromatic carbocycles. The number of nitrogens with one attached hydrogen (secondary N) is 1. The summed E-state index contributed by atoms with van der Waals surface area (Å²) in [6.07, 6.45) is 0.615.